The Kier molecular flexibility index (Phi) is 4.26. The Morgan fingerprint density at radius 2 is 1.77 bits per heavy atom. The number of hydrogen-bond acceptors (Lipinski definition) is 4. The summed E-state index contributed by atoms with van der Waals surface area (Å²) < 4.78 is 33.0. The van der Waals surface area contributed by atoms with Crippen LogP contribution in [0.5, 0.6) is 0 Å². The zero-order chi connectivity index (χ0) is 21.9. The molecule has 0 spiro atoms. The standard InChI is InChI=1S/C20H13ClF2N6O2/c1-27-18-15(17(30)24-20(27)31)28(9-10-5-2-3-7-12(10)22)19-26-25-16(29(18)19)14-11(21)6-4-8-13(14)23/h2-8H,9H2,1H3,(H,24,30,31). The van der Waals surface area contributed by atoms with Gasteiger partial charge in [-0.25, -0.2) is 18.0 Å². The molecule has 1 N–H and O–H groups in total. The third-order valence-corrected chi connectivity index (χ3v) is 5.43. The molecule has 3 aromatic heterocycles. The average Bonchev–Trinajstić information content (AvgIpc) is 3.27. The van der Waals surface area contributed by atoms with Crippen molar-refractivity contribution in [1.82, 2.24) is 28.7 Å². The van der Waals surface area contributed by atoms with Crippen molar-refractivity contribution < 1.29 is 8.78 Å². The molecule has 0 aliphatic rings. The fourth-order valence-corrected chi connectivity index (χ4v) is 3.91. The van der Waals surface area contributed by atoms with Crippen LogP contribution in [-0.2, 0) is 13.6 Å². The van der Waals surface area contributed by atoms with Crippen LogP contribution in [0.15, 0.2) is 52.1 Å². The van der Waals surface area contributed by atoms with E-state index in [-0.39, 0.29) is 39.9 Å². The van der Waals surface area contributed by atoms with Gasteiger partial charge < -0.3 is 0 Å². The lowest BCUT2D eigenvalue weighted by atomic mass is 10.2. The van der Waals surface area contributed by atoms with Crippen molar-refractivity contribution >= 4 is 28.5 Å². The van der Waals surface area contributed by atoms with Gasteiger partial charge in [0, 0.05) is 12.6 Å². The lowest BCUT2D eigenvalue weighted by Gasteiger charge is -2.06. The van der Waals surface area contributed by atoms with E-state index in [9.17, 15) is 18.4 Å². The van der Waals surface area contributed by atoms with Crippen LogP contribution in [0.2, 0.25) is 5.02 Å². The molecule has 3 heterocycles. The van der Waals surface area contributed by atoms with Gasteiger partial charge in [-0.05, 0) is 18.2 Å². The Hall–Kier alpha value is -3.79. The van der Waals surface area contributed by atoms with Crippen LogP contribution in [0.3, 0.4) is 0 Å². The minimum Gasteiger partial charge on any atom is -0.298 e. The first-order valence-electron chi connectivity index (χ1n) is 9.13. The highest BCUT2D eigenvalue weighted by atomic mass is 35.5. The van der Waals surface area contributed by atoms with Crippen LogP contribution in [-0.4, -0.2) is 28.7 Å². The first-order valence-corrected chi connectivity index (χ1v) is 9.50. The molecule has 5 rings (SSSR count). The number of hydrogen-bond donors (Lipinski definition) is 1. The van der Waals surface area contributed by atoms with Crippen molar-refractivity contribution in [1.29, 1.82) is 0 Å². The molecule has 8 nitrogen and oxygen atoms in total. The number of rotatable bonds is 3. The molecule has 0 saturated heterocycles. The number of H-pyrrole nitrogens is 1. The molecular weight excluding hydrogens is 430 g/mol. The van der Waals surface area contributed by atoms with Gasteiger partial charge in [-0.2, -0.15) is 0 Å². The normalized spacial score (nSPS) is 11.6. The predicted molar refractivity (Wildman–Crippen MR) is 110 cm³/mol. The summed E-state index contributed by atoms with van der Waals surface area (Å²) in [5.74, 6) is -0.984. The maximum atomic E-state index is 14.6. The Bertz CT molecular complexity index is 1590. The van der Waals surface area contributed by atoms with E-state index in [0.717, 1.165) is 0 Å². The molecule has 5 aromatic rings. The van der Waals surface area contributed by atoms with Gasteiger partial charge in [-0.3, -0.25) is 18.9 Å². The van der Waals surface area contributed by atoms with Crippen LogP contribution in [0, 0.1) is 11.6 Å². The Morgan fingerprint density at radius 1 is 1.03 bits per heavy atom. The second kappa shape index (κ2) is 6.88. The van der Waals surface area contributed by atoms with Crippen LogP contribution in [0.25, 0.3) is 28.3 Å². The number of fused-ring (bicyclic) bond motifs is 3. The fraction of sp³-hybridized carbons (Fsp3) is 0.100. The minimum atomic E-state index is -0.689. The van der Waals surface area contributed by atoms with E-state index < -0.39 is 22.9 Å². The van der Waals surface area contributed by atoms with Crippen molar-refractivity contribution in [3.8, 4) is 11.4 Å². The molecule has 11 heteroatoms. The van der Waals surface area contributed by atoms with E-state index in [1.54, 1.807) is 18.2 Å². The van der Waals surface area contributed by atoms with E-state index >= 15 is 0 Å². The molecule has 0 fully saturated rings. The van der Waals surface area contributed by atoms with Gasteiger partial charge in [-0.1, -0.05) is 35.9 Å². The molecule has 0 radical (unpaired) electrons. The van der Waals surface area contributed by atoms with E-state index in [1.165, 1.54) is 44.8 Å². The summed E-state index contributed by atoms with van der Waals surface area (Å²) in [4.78, 5) is 27.3. The van der Waals surface area contributed by atoms with Crippen molar-refractivity contribution in [2.45, 2.75) is 6.54 Å². The second-order valence-electron chi connectivity index (χ2n) is 6.92. The summed E-state index contributed by atoms with van der Waals surface area (Å²) in [5, 5.41) is 8.26. The number of aryl methyl sites for hydroxylation is 1. The van der Waals surface area contributed by atoms with Crippen molar-refractivity contribution in [2.24, 2.45) is 7.05 Å². The highest BCUT2D eigenvalue weighted by Crippen LogP contribution is 2.32. The number of nitrogens with one attached hydrogen (secondary N) is 1. The number of halogens is 3. The molecule has 0 saturated carbocycles. The van der Waals surface area contributed by atoms with Crippen molar-refractivity contribution in [3.63, 3.8) is 0 Å². The Balaban J connectivity index is 1.94. The third-order valence-electron chi connectivity index (χ3n) is 5.11. The third kappa shape index (κ3) is 2.79. The van der Waals surface area contributed by atoms with Gasteiger partial charge in [0.05, 0.1) is 17.1 Å². The molecular formula is C20H13ClF2N6O2. The van der Waals surface area contributed by atoms with Crippen molar-refractivity contribution in [3.05, 3.63) is 85.5 Å². The highest BCUT2D eigenvalue weighted by molar-refractivity contribution is 6.33. The Morgan fingerprint density at radius 3 is 2.52 bits per heavy atom. The summed E-state index contributed by atoms with van der Waals surface area (Å²) in [5.41, 5.74) is -0.923. The minimum absolute atomic E-state index is 0.0102. The zero-order valence-corrected chi connectivity index (χ0v) is 16.7. The molecule has 31 heavy (non-hydrogen) atoms. The van der Waals surface area contributed by atoms with Crippen molar-refractivity contribution in [2.75, 3.05) is 0 Å². The number of imidazole rings is 1. The number of benzene rings is 2. The summed E-state index contributed by atoms with van der Waals surface area (Å²) >= 11 is 6.22. The van der Waals surface area contributed by atoms with E-state index in [0.29, 0.717) is 5.56 Å². The van der Waals surface area contributed by atoms with Gasteiger partial charge >= 0.3 is 5.69 Å². The molecule has 156 valence electrons. The highest BCUT2D eigenvalue weighted by Gasteiger charge is 2.25. The van der Waals surface area contributed by atoms with Gasteiger partial charge in [0.25, 0.3) is 5.56 Å². The maximum absolute atomic E-state index is 14.6. The molecule has 0 unspecified atom stereocenters. The maximum Gasteiger partial charge on any atom is 0.329 e. The van der Waals surface area contributed by atoms with Gasteiger partial charge in [-0.15, -0.1) is 10.2 Å². The van der Waals surface area contributed by atoms with Gasteiger partial charge in [0.15, 0.2) is 17.0 Å². The summed E-state index contributed by atoms with van der Waals surface area (Å²) in [7, 11) is 1.44. The van der Waals surface area contributed by atoms with Crippen LogP contribution >= 0.6 is 11.6 Å². The number of aromatic amines is 1. The lowest BCUT2D eigenvalue weighted by molar-refractivity contribution is 0.602. The van der Waals surface area contributed by atoms with Crippen LogP contribution in [0.1, 0.15) is 5.56 Å². The van der Waals surface area contributed by atoms with E-state index in [4.69, 9.17) is 11.6 Å². The van der Waals surface area contributed by atoms with E-state index in [2.05, 4.69) is 15.2 Å². The van der Waals surface area contributed by atoms with Gasteiger partial charge in [0.2, 0.25) is 5.78 Å². The largest absolute Gasteiger partial charge is 0.329 e. The molecule has 0 bridgehead atoms. The second-order valence-corrected chi connectivity index (χ2v) is 7.33. The SMILES string of the molecule is Cn1c(=O)[nH]c(=O)c2c1n1c(-c3c(F)cccc3Cl)nnc1n2Cc1ccccc1F. The quantitative estimate of drug-likeness (QED) is 0.465. The topological polar surface area (TPSA) is 90.0 Å². The Labute approximate surface area is 177 Å². The lowest BCUT2D eigenvalue weighted by Crippen LogP contribution is -2.29. The first-order chi connectivity index (χ1) is 14.9. The molecule has 0 aliphatic heterocycles. The zero-order valence-electron chi connectivity index (χ0n) is 15.9. The first kappa shape index (κ1) is 19.2. The molecule has 0 aliphatic carbocycles. The molecule has 2 aromatic carbocycles. The fourth-order valence-electron chi connectivity index (χ4n) is 3.66. The van der Waals surface area contributed by atoms with Crippen LogP contribution < -0.4 is 11.2 Å². The molecule has 0 amide bonds. The number of aromatic nitrogens is 6. The summed E-state index contributed by atoms with van der Waals surface area (Å²) in [6.07, 6.45) is 0. The summed E-state index contributed by atoms with van der Waals surface area (Å²) in [6, 6.07) is 10.2. The summed E-state index contributed by atoms with van der Waals surface area (Å²) in [6.45, 7) is -0.0654. The number of nitrogens with zero attached hydrogens (tertiary/aromatic N) is 5. The van der Waals surface area contributed by atoms with Crippen LogP contribution in [0.4, 0.5) is 8.78 Å². The van der Waals surface area contributed by atoms with Gasteiger partial charge in [0.1, 0.15) is 11.6 Å². The smallest absolute Gasteiger partial charge is 0.298 e. The predicted octanol–water partition coefficient (Wildman–Crippen LogP) is 2.72. The van der Waals surface area contributed by atoms with E-state index in [1.807, 2.05) is 0 Å². The average molecular weight is 443 g/mol. The monoisotopic (exact) mass is 442 g/mol. The molecule has 0 atom stereocenters.